The van der Waals surface area contributed by atoms with Gasteiger partial charge in [-0.2, -0.15) is 0 Å². The number of benzene rings is 1. The van der Waals surface area contributed by atoms with Gasteiger partial charge in [0.05, 0.1) is 11.1 Å². The first-order chi connectivity index (χ1) is 5.24. The van der Waals surface area contributed by atoms with Crippen molar-refractivity contribution in [3.8, 4) is 5.75 Å². The number of hydrogen-bond acceptors (Lipinski definition) is 1. The summed E-state index contributed by atoms with van der Waals surface area (Å²) in [5.41, 5.74) is 0. The van der Waals surface area contributed by atoms with Gasteiger partial charge in [0.2, 0.25) is 0 Å². The van der Waals surface area contributed by atoms with Crippen molar-refractivity contribution >= 4 is 27.5 Å². The van der Waals surface area contributed by atoms with Crippen LogP contribution in [0.3, 0.4) is 0 Å². The molecule has 0 radical (unpaired) electrons. The third-order valence-electron chi connectivity index (χ3n) is 1.19. The van der Waals surface area contributed by atoms with Crippen LogP contribution in [0.4, 0.5) is 0 Å². The van der Waals surface area contributed by atoms with Crippen LogP contribution in [0.25, 0.3) is 0 Å². The minimum absolute atomic E-state index is 0.652. The Labute approximate surface area is 79.4 Å². The summed E-state index contributed by atoms with van der Waals surface area (Å²) in [4.78, 5) is 0. The predicted octanol–water partition coefficient (Wildman–Crippen LogP) is 3.50. The zero-order valence-electron chi connectivity index (χ0n) is 6.10. The fourth-order valence-electron chi connectivity index (χ4n) is 0.743. The third kappa shape index (κ3) is 2.38. The van der Waals surface area contributed by atoms with E-state index in [0.717, 1.165) is 10.2 Å². The topological polar surface area (TPSA) is 9.23 Å². The Morgan fingerprint density at radius 3 is 2.91 bits per heavy atom. The number of halogens is 2. The minimum atomic E-state index is 0.652. The predicted molar refractivity (Wildman–Crippen MR) is 50.3 cm³/mol. The summed E-state index contributed by atoms with van der Waals surface area (Å²) in [5, 5.41) is 0.691. The van der Waals surface area contributed by atoms with Gasteiger partial charge in [-0.15, -0.1) is 0 Å². The molecular weight excluding hydrogens is 227 g/mol. The first-order valence-corrected chi connectivity index (χ1v) is 4.49. The quantitative estimate of drug-likeness (QED) is 0.762. The lowest BCUT2D eigenvalue weighted by Crippen LogP contribution is -1.91. The van der Waals surface area contributed by atoms with Crippen LogP contribution in [-0.2, 0) is 0 Å². The van der Waals surface area contributed by atoms with Crippen molar-refractivity contribution in [1.29, 1.82) is 0 Å². The summed E-state index contributed by atoms with van der Waals surface area (Å²) in [6, 6.07) is 5.47. The highest BCUT2D eigenvalue weighted by Crippen LogP contribution is 2.27. The molecule has 0 spiro atoms. The lowest BCUT2D eigenvalue weighted by Gasteiger charge is -2.04. The first kappa shape index (κ1) is 8.88. The van der Waals surface area contributed by atoms with Gasteiger partial charge < -0.3 is 4.74 Å². The van der Waals surface area contributed by atoms with Crippen molar-refractivity contribution in [2.75, 3.05) is 6.61 Å². The Balaban J connectivity index is 2.93. The molecule has 0 saturated carbocycles. The lowest BCUT2D eigenvalue weighted by atomic mass is 10.3. The maximum atomic E-state index is 5.75. The zero-order chi connectivity index (χ0) is 8.27. The molecule has 0 aliphatic rings. The van der Waals surface area contributed by atoms with Gasteiger partial charge in [0.25, 0.3) is 0 Å². The Morgan fingerprint density at radius 2 is 2.27 bits per heavy atom. The van der Waals surface area contributed by atoms with E-state index in [1.54, 1.807) is 6.07 Å². The van der Waals surface area contributed by atoms with Crippen molar-refractivity contribution in [2.45, 2.75) is 6.92 Å². The standard InChI is InChI=1S/C8H8BrClO/c1-2-11-8-5-6(10)3-4-7(8)9/h3-5H,2H2,1H3. The number of rotatable bonds is 2. The van der Waals surface area contributed by atoms with Crippen LogP contribution in [0.5, 0.6) is 5.75 Å². The second kappa shape index (κ2) is 3.98. The Kier molecular flexibility index (Phi) is 3.21. The van der Waals surface area contributed by atoms with E-state index in [9.17, 15) is 0 Å². The molecule has 0 bridgehead atoms. The SMILES string of the molecule is CCOc1cc(Cl)ccc1Br. The Bertz CT molecular complexity index is 250. The summed E-state index contributed by atoms with van der Waals surface area (Å²) in [5.74, 6) is 0.792. The summed E-state index contributed by atoms with van der Waals surface area (Å²) in [6.45, 7) is 2.59. The van der Waals surface area contributed by atoms with Crippen LogP contribution >= 0.6 is 27.5 Å². The third-order valence-corrected chi connectivity index (χ3v) is 2.08. The second-order valence-electron chi connectivity index (χ2n) is 2.01. The molecule has 1 aromatic rings. The molecule has 1 aromatic carbocycles. The van der Waals surface area contributed by atoms with Crippen molar-refractivity contribution in [3.05, 3.63) is 27.7 Å². The molecule has 0 fully saturated rings. The summed E-state index contributed by atoms with van der Waals surface area (Å²) in [6.07, 6.45) is 0. The van der Waals surface area contributed by atoms with Gasteiger partial charge in [-0.25, -0.2) is 0 Å². The monoisotopic (exact) mass is 234 g/mol. The van der Waals surface area contributed by atoms with Gasteiger partial charge in [-0.05, 0) is 41.1 Å². The second-order valence-corrected chi connectivity index (χ2v) is 3.30. The highest BCUT2D eigenvalue weighted by atomic mass is 79.9. The van der Waals surface area contributed by atoms with Crippen LogP contribution < -0.4 is 4.74 Å². The molecule has 0 N–H and O–H groups in total. The molecule has 0 atom stereocenters. The smallest absolute Gasteiger partial charge is 0.134 e. The van der Waals surface area contributed by atoms with E-state index in [2.05, 4.69) is 15.9 Å². The van der Waals surface area contributed by atoms with E-state index in [4.69, 9.17) is 16.3 Å². The average Bonchev–Trinajstić information content (AvgIpc) is 1.98. The highest BCUT2D eigenvalue weighted by molar-refractivity contribution is 9.10. The van der Waals surface area contributed by atoms with Crippen LogP contribution in [0.1, 0.15) is 6.92 Å². The zero-order valence-corrected chi connectivity index (χ0v) is 8.45. The van der Waals surface area contributed by atoms with Gasteiger partial charge in [0, 0.05) is 5.02 Å². The molecular formula is C8H8BrClO. The van der Waals surface area contributed by atoms with Crippen molar-refractivity contribution in [1.82, 2.24) is 0 Å². The maximum Gasteiger partial charge on any atom is 0.134 e. The molecule has 11 heavy (non-hydrogen) atoms. The Morgan fingerprint density at radius 1 is 1.55 bits per heavy atom. The molecule has 1 rings (SSSR count). The number of ether oxygens (including phenoxy) is 1. The van der Waals surface area contributed by atoms with Crippen LogP contribution in [0, 0.1) is 0 Å². The fourth-order valence-corrected chi connectivity index (χ4v) is 1.27. The molecule has 0 aliphatic heterocycles. The van der Waals surface area contributed by atoms with Gasteiger partial charge in [-0.3, -0.25) is 0 Å². The molecule has 1 nitrogen and oxygen atoms in total. The highest BCUT2D eigenvalue weighted by Gasteiger charge is 1.99. The van der Waals surface area contributed by atoms with E-state index in [-0.39, 0.29) is 0 Å². The average molecular weight is 236 g/mol. The van der Waals surface area contributed by atoms with Gasteiger partial charge in [0.15, 0.2) is 0 Å². The van der Waals surface area contributed by atoms with E-state index in [1.165, 1.54) is 0 Å². The van der Waals surface area contributed by atoms with Crippen LogP contribution in [0.2, 0.25) is 5.02 Å². The number of hydrogen-bond donors (Lipinski definition) is 0. The van der Waals surface area contributed by atoms with Crippen molar-refractivity contribution in [3.63, 3.8) is 0 Å². The van der Waals surface area contributed by atoms with Crippen LogP contribution in [0.15, 0.2) is 22.7 Å². The lowest BCUT2D eigenvalue weighted by molar-refractivity contribution is 0.338. The van der Waals surface area contributed by atoms with Gasteiger partial charge in [-0.1, -0.05) is 11.6 Å². The minimum Gasteiger partial charge on any atom is -0.493 e. The van der Waals surface area contributed by atoms with Gasteiger partial charge in [0.1, 0.15) is 5.75 Å². The summed E-state index contributed by atoms with van der Waals surface area (Å²) in [7, 11) is 0. The Hall–Kier alpha value is -0.210. The van der Waals surface area contributed by atoms with Crippen molar-refractivity contribution in [2.24, 2.45) is 0 Å². The summed E-state index contributed by atoms with van der Waals surface area (Å²) >= 11 is 9.10. The van der Waals surface area contributed by atoms with Crippen molar-refractivity contribution < 1.29 is 4.74 Å². The molecule has 60 valence electrons. The molecule has 0 saturated heterocycles. The summed E-state index contributed by atoms with van der Waals surface area (Å²) < 4.78 is 6.22. The molecule has 0 unspecified atom stereocenters. The van der Waals surface area contributed by atoms with Gasteiger partial charge >= 0.3 is 0 Å². The van der Waals surface area contributed by atoms with E-state index in [0.29, 0.717) is 11.6 Å². The maximum absolute atomic E-state index is 5.75. The molecule has 0 aromatic heterocycles. The van der Waals surface area contributed by atoms with E-state index in [1.807, 2.05) is 19.1 Å². The largest absolute Gasteiger partial charge is 0.493 e. The first-order valence-electron chi connectivity index (χ1n) is 3.32. The molecule has 0 aliphatic carbocycles. The molecule has 0 heterocycles. The van der Waals surface area contributed by atoms with Crippen LogP contribution in [-0.4, -0.2) is 6.61 Å². The van der Waals surface area contributed by atoms with E-state index >= 15 is 0 Å². The fraction of sp³-hybridized carbons (Fsp3) is 0.250. The normalized spacial score (nSPS) is 9.73. The molecule has 0 amide bonds. The van der Waals surface area contributed by atoms with E-state index < -0.39 is 0 Å². The molecule has 3 heteroatoms.